The second kappa shape index (κ2) is 7.38. The number of rotatable bonds is 8. The molecular weight excluding hydrogens is 310 g/mol. The predicted octanol–water partition coefficient (Wildman–Crippen LogP) is 1.19. The highest BCUT2D eigenvalue weighted by atomic mass is 32.2. The third-order valence-corrected chi connectivity index (χ3v) is 6.95. The average Bonchev–Trinajstić information content (AvgIpc) is 2.42. The summed E-state index contributed by atoms with van der Waals surface area (Å²) in [5.74, 6) is -0.674. The Labute approximate surface area is 127 Å². The molecule has 0 saturated carbocycles. The lowest BCUT2D eigenvalue weighted by atomic mass is 10.0. The van der Waals surface area contributed by atoms with Gasteiger partial charge in [0.05, 0.1) is 16.8 Å². The molecule has 120 valence electrons. The Bertz CT molecular complexity index is 639. The molecule has 7 heteroatoms. The Kier molecular flexibility index (Phi) is 6.37. The van der Waals surface area contributed by atoms with Crippen LogP contribution in [-0.2, 0) is 19.7 Å². The standard InChI is InChI=1S/C14H23NO4S2/c1-4-13(21(18,19)11-10-20(3,16)17)14(15-2)12-8-6-5-7-9-12/h5-9,13-15H,4,10-11H2,1-3H3. The smallest absolute Gasteiger partial charge is 0.156 e. The van der Waals surface area contributed by atoms with Crippen LogP contribution in [0.2, 0.25) is 0 Å². The van der Waals surface area contributed by atoms with Gasteiger partial charge in [0.2, 0.25) is 0 Å². The Hall–Kier alpha value is -0.920. The van der Waals surface area contributed by atoms with E-state index < -0.39 is 24.9 Å². The molecule has 1 aromatic carbocycles. The highest BCUT2D eigenvalue weighted by molar-refractivity contribution is 7.95. The molecular formula is C14H23NO4S2. The van der Waals surface area contributed by atoms with Gasteiger partial charge in [0.1, 0.15) is 9.84 Å². The van der Waals surface area contributed by atoms with Crippen LogP contribution < -0.4 is 5.32 Å². The molecule has 0 bridgehead atoms. The van der Waals surface area contributed by atoms with Crippen molar-refractivity contribution in [2.75, 3.05) is 24.8 Å². The van der Waals surface area contributed by atoms with Crippen molar-refractivity contribution in [3.63, 3.8) is 0 Å². The lowest BCUT2D eigenvalue weighted by Gasteiger charge is -2.26. The van der Waals surface area contributed by atoms with E-state index in [1.807, 2.05) is 30.3 Å². The quantitative estimate of drug-likeness (QED) is 0.773. The van der Waals surface area contributed by atoms with Gasteiger partial charge in [0.25, 0.3) is 0 Å². The van der Waals surface area contributed by atoms with Crippen molar-refractivity contribution >= 4 is 19.7 Å². The van der Waals surface area contributed by atoms with E-state index in [9.17, 15) is 16.8 Å². The molecule has 0 spiro atoms. The van der Waals surface area contributed by atoms with Gasteiger partial charge in [-0.3, -0.25) is 0 Å². The third-order valence-electron chi connectivity index (χ3n) is 3.44. The van der Waals surface area contributed by atoms with Gasteiger partial charge in [-0.15, -0.1) is 0 Å². The summed E-state index contributed by atoms with van der Waals surface area (Å²) in [6.07, 6.45) is 1.47. The van der Waals surface area contributed by atoms with Crippen LogP contribution >= 0.6 is 0 Å². The maximum atomic E-state index is 12.5. The summed E-state index contributed by atoms with van der Waals surface area (Å²) in [5.41, 5.74) is 0.884. The van der Waals surface area contributed by atoms with Crippen molar-refractivity contribution in [3.8, 4) is 0 Å². The summed E-state index contributed by atoms with van der Waals surface area (Å²) in [7, 11) is -5.09. The molecule has 0 amide bonds. The Morgan fingerprint density at radius 2 is 1.62 bits per heavy atom. The van der Waals surface area contributed by atoms with Crippen molar-refractivity contribution in [2.24, 2.45) is 0 Å². The van der Waals surface area contributed by atoms with Gasteiger partial charge in [-0.05, 0) is 19.0 Å². The molecule has 21 heavy (non-hydrogen) atoms. The van der Waals surface area contributed by atoms with E-state index in [1.165, 1.54) is 0 Å². The topological polar surface area (TPSA) is 80.3 Å². The molecule has 0 fully saturated rings. The van der Waals surface area contributed by atoms with Crippen molar-refractivity contribution in [1.82, 2.24) is 5.32 Å². The summed E-state index contributed by atoms with van der Waals surface area (Å²) in [6, 6.07) is 8.98. The van der Waals surface area contributed by atoms with Gasteiger partial charge in [0.15, 0.2) is 9.84 Å². The molecule has 0 radical (unpaired) electrons. The minimum absolute atomic E-state index is 0.336. The molecule has 2 atom stereocenters. The van der Waals surface area contributed by atoms with Gasteiger partial charge >= 0.3 is 0 Å². The maximum Gasteiger partial charge on any atom is 0.156 e. The van der Waals surface area contributed by atoms with Crippen molar-refractivity contribution in [2.45, 2.75) is 24.6 Å². The van der Waals surface area contributed by atoms with Crippen LogP contribution in [0, 0.1) is 0 Å². The molecule has 1 N–H and O–H groups in total. The van der Waals surface area contributed by atoms with Crippen molar-refractivity contribution in [1.29, 1.82) is 0 Å². The van der Waals surface area contributed by atoms with E-state index >= 15 is 0 Å². The fourth-order valence-electron chi connectivity index (χ4n) is 2.34. The van der Waals surface area contributed by atoms with E-state index in [2.05, 4.69) is 5.32 Å². The molecule has 0 heterocycles. The lowest BCUT2D eigenvalue weighted by molar-refractivity contribution is 0.507. The second-order valence-electron chi connectivity index (χ2n) is 5.12. The van der Waals surface area contributed by atoms with Crippen LogP contribution in [0.1, 0.15) is 24.9 Å². The number of nitrogens with one attached hydrogen (secondary N) is 1. The summed E-state index contributed by atoms with van der Waals surface area (Å²) in [5, 5.41) is 2.40. The number of benzene rings is 1. The molecule has 0 aliphatic carbocycles. The monoisotopic (exact) mass is 333 g/mol. The Morgan fingerprint density at radius 3 is 2.05 bits per heavy atom. The van der Waals surface area contributed by atoms with Gasteiger partial charge in [-0.25, -0.2) is 16.8 Å². The first-order chi connectivity index (χ1) is 9.71. The minimum Gasteiger partial charge on any atom is -0.312 e. The lowest BCUT2D eigenvalue weighted by Crippen LogP contribution is -2.37. The van der Waals surface area contributed by atoms with E-state index in [0.29, 0.717) is 6.42 Å². The first kappa shape index (κ1) is 18.1. The molecule has 5 nitrogen and oxygen atoms in total. The van der Waals surface area contributed by atoms with E-state index in [1.54, 1.807) is 14.0 Å². The van der Waals surface area contributed by atoms with Crippen LogP contribution in [0.5, 0.6) is 0 Å². The highest BCUT2D eigenvalue weighted by Crippen LogP contribution is 2.25. The van der Waals surface area contributed by atoms with Crippen LogP contribution in [0.4, 0.5) is 0 Å². The maximum absolute atomic E-state index is 12.5. The first-order valence-electron chi connectivity index (χ1n) is 6.82. The van der Waals surface area contributed by atoms with Gasteiger partial charge < -0.3 is 5.32 Å². The summed E-state index contributed by atoms with van der Waals surface area (Å²) < 4.78 is 47.4. The van der Waals surface area contributed by atoms with Gasteiger partial charge in [-0.1, -0.05) is 37.3 Å². The van der Waals surface area contributed by atoms with Gasteiger partial charge in [-0.2, -0.15) is 0 Å². The van der Waals surface area contributed by atoms with Crippen LogP contribution in [0.15, 0.2) is 30.3 Å². The zero-order chi connectivity index (χ0) is 16.1. The SMILES string of the molecule is CCC(C(NC)c1ccccc1)S(=O)(=O)CCS(C)(=O)=O. The molecule has 0 aliphatic heterocycles. The highest BCUT2D eigenvalue weighted by Gasteiger charge is 2.32. The normalized spacial score (nSPS) is 15.6. The van der Waals surface area contributed by atoms with E-state index in [-0.39, 0.29) is 17.5 Å². The third kappa shape index (κ3) is 5.41. The zero-order valence-corrected chi connectivity index (χ0v) is 14.2. The molecule has 1 rings (SSSR count). The Morgan fingerprint density at radius 1 is 1.05 bits per heavy atom. The first-order valence-corrected chi connectivity index (χ1v) is 10.6. The largest absolute Gasteiger partial charge is 0.312 e. The van der Waals surface area contributed by atoms with Gasteiger partial charge in [0, 0.05) is 12.3 Å². The predicted molar refractivity (Wildman–Crippen MR) is 85.8 cm³/mol. The van der Waals surface area contributed by atoms with E-state index in [4.69, 9.17) is 0 Å². The number of sulfone groups is 2. The average molecular weight is 333 g/mol. The van der Waals surface area contributed by atoms with Crippen LogP contribution in [-0.4, -0.2) is 46.9 Å². The fraction of sp³-hybridized carbons (Fsp3) is 0.571. The molecule has 1 aromatic rings. The molecule has 0 saturated heterocycles. The fourth-order valence-corrected chi connectivity index (χ4v) is 6.00. The second-order valence-corrected chi connectivity index (χ2v) is 9.72. The number of hydrogen-bond acceptors (Lipinski definition) is 5. The van der Waals surface area contributed by atoms with Crippen molar-refractivity contribution in [3.05, 3.63) is 35.9 Å². The summed E-state index contributed by atoms with van der Waals surface area (Å²) in [4.78, 5) is 0. The Balaban J connectivity index is 3.04. The summed E-state index contributed by atoms with van der Waals surface area (Å²) in [6.45, 7) is 1.80. The van der Waals surface area contributed by atoms with Crippen LogP contribution in [0.25, 0.3) is 0 Å². The van der Waals surface area contributed by atoms with Crippen LogP contribution in [0.3, 0.4) is 0 Å². The zero-order valence-electron chi connectivity index (χ0n) is 12.6. The number of hydrogen-bond donors (Lipinski definition) is 1. The molecule has 0 aliphatic rings. The minimum atomic E-state index is -3.51. The summed E-state index contributed by atoms with van der Waals surface area (Å²) >= 11 is 0. The molecule has 2 unspecified atom stereocenters. The van der Waals surface area contributed by atoms with E-state index in [0.717, 1.165) is 11.8 Å². The molecule has 0 aromatic heterocycles. The van der Waals surface area contributed by atoms with Crippen molar-refractivity contribution < 1.29 is 16.8 Å².